The van der Waals surface area contributed by atoms with E-state index in [1.807, 2.05) is 163 Å². The summed E-state index contributed by atoms with van der Waals surface area (Å²) < 4.78 is 0. The summed E-state index contributed by atoms with van der Waals surface area (Å²) in [6.07, 6.45) is 15.0. The molecule has 18 nitrogen and oxygen atoms in total. The first-order chi connectivity index (χ1) is 59.3. The lowest BCUT2D eigenvalue weighted by Gasteiger charge is -2.31. The molecule has 19 heteroatoms. The van der Waals surface area contributed by atoms with Gasteiger partial charge in [0.25, 0.3) is 11.8 Å². The fraction of sp³-hybridized carbons (Fsp3) is 0.373. The second-order valence-corrected chi connectivity index (χ2v) is 33.4. The van der Waals surface area contributed by atoms with Crippen LogP contribution in [0.5, 0.6) is 0 Å². The number of amides is 6. The summed E-state index contributed by atoms with van der Waals surface area (Å²) in [5.74, 6) is 0.568. The maximum Gasteiger partial charge on any atom is 0.251 e. The van der Waals surface area contributed by atoms with Crippen molar-refractivity contribution in [3.8, 4) is 0 Å². The Hall–Kier alpha value is -10.7. The predicted octanol–water partition coefficient (Wildman–Crippen LogP) is 14.9. The van der Waals surface area contributed by atoms with E-state index >= 15 is 0 Å². The summed E-state index contributed by atoms with van der Waals surface area (Å²) in [4.78, 5) is 91.4. The third-order valence-electron chi connectivity index (χ3n) is 24.6. The smallest absolute Gasteiger partial charge is 0.251 e. The molecule has 6 amide bonds. The molecule has 10 aromatic rings. The van der Waals surface area contributed by atoms with E-state index in [0.717, 1.165) is 111 Å². The van der Waals surface area contributed by atoms with Crippen LogP contribution in [0.15, 0.2) is 267 Å². The molecule has 0 unspecified atom stereocenters. The summed E-state index contributed by atoms with van der Waals surface area (Å²) >= 11 is 5.95. The predicted molar refractivity (Wildman–Crippen MR) is 490 cm³/mol. The van der Waals surface area contributed by atoms with Crippen molar-refractivity contribution in [3.05, 3.63) is 316 Å². The van der Waals surface area contributed by atoms with Gasteiger partial charge in [-0.05, 0) is 201 Å². The quantitative estimate of drug-likeness (QED) is 0.0209. The average Bonchev–Trinajstić information content (AvgIpc) is 1.82. The van der Waals surface area contributed by atoms with Gasteiger partial charge in [0.2, 0.25) is 23.6 Å². The summed E-state index contributed by atoms with van der Waals surface area (Å²) in [7, 11) is 0. The van der Waals surface area contributed by atoms with Crippen LogP contribution in [0.4, 0.5) is 0 Å². The Kier molecular flexibility index (Phi) is 33.4. The highest BCUT2D eigenvalue weighted by Gasteiger charge is 2.37. The molecule has 0 radical (unpaired) electrons. The lowest BCUT2D eigenvalue weighted by molar-refractivity contribution is -0.134. The second-order valence-electron chi connectivity index (χ2n) is 33.0. The van der Waals surface area contributed by atoms with Crippen molar-refractivity contribution >= 4 is 74.7 Å². The third-order valence-corrected chi connectivity index (χ3v) is 24.9. The van der Waals surface area contributed by atoms with E-state index in [-0.39, 0.29) is 83.5 Å². The molecule has 0 bridgehead atoms. The van der Waals surface area contributed by atoms with Gasteiger partial charge in [0.05, 0.1) is 18.1 Å². The lowest BCUT2D eigenvalue weighted by atomic mass is 9.90. The van der Waals surface area contributed by atoms with E-state index in [9.17, 15) is 28.8 Å². The molecule has 0 aliphatic carbocycles. The van der Waals surface area contributed by atoms with Crippen LogP contribution in [0, 0.1) is 0 Å². The standard InChI is InChI=1S/C37H42N4O2.C33H36N4O2.C32H43ClN4O2/c42-36(32-18-17-28-11-7-8-16-31(28)25-32)38-26-33-19-24-41(37(43)35(39-33)20-23-40-21-9-10-22-40)27-34(29-12-3-1-4-13-29)30-14-5-2-6-15-30;34-19-17-31-33(39)37(23-30(25-10-3-1-4-11-25)26-12-5-2-6-13-26)20-18-29(36-31)22-35-32(38)28-16-15-24-9-7-8-14-27(24)21-28;1-2-26(27-9-5-3-6-10-27)24-37-22-17-29(23-34-31(38)16-13-25-11-14-28(33)15-12-25)35-30(32(37)39)18-21-36-19-7-4-8-20-36/h1-8,11-18,25,33-35,39H,9-10,19-24,26-27H2,(H,38,42);1-16,21,29-31,36H,17-20,22-23,34H2,(H,35,38);3,5-6,9-16,26,29-30,35H,2,4,7-8,17-24H2,1H3,(H,34,38)/b;;16-13+/t33-,35-;29-,31-;26-,29+,30+/m001/s1. The van der Waals surface area contributed by atoms with Crippen LogP contribution >= 0.6 is 11.6 Å². The van der Waals surface area contributed by atoms with Gasteiger partial charge < -0.3 is 62.1 Å². The Morgan fingerprint density at radius 1 is 0.413 bits per heavy atom. The number of rotatable bonds is 30. The zero-order valence-electron chi connectivity index (χ0n) is 70.1. The molecule has 10 aromatic carbocycles. The number of hydrogen-bond donors (Lipinski definition) is 7. The highest BCUT2D eigenvalue weighted by Crippen LogP contribution is 2.31. The van der Waals surface area contributed by atoms with Crippen molar-refractivity contribution < 1.29 is 28.8 Å². The zero-order chi connectivity index (χ0) is 83.9. The van der Waals surface area contributed by atoms with Gasteiger partial charge in [0, 0.05) is 130 Å². The van der Waals surface area contributed by atoms with Gasteiger partial charge in [-0.15, -0.1) is 0 Å². The van der Waals surface area contributed by atoms with Crippen molar-refractivity contribution in [1.82, 2.24) is 56.4 Å². The Morgan fingerprint density at radius 2 is 0.769 bits per heavy atom. The molecule has 15 rings (SSSR count). The van der Waals surface area contributed by atoms with Crippen LogP contribution in [0.3, 0.4) is 0 Å². The number of nitrogens with two attached hydrogens (primary N) is 1. The first-order valence-corrected chi connectivity index (χ1v) is 44.4. The minimum Gasteiger partial charge on any atom is -0.351 e. The largest absolute Gasteiger partial charge is 0.351 e. The number of hydrogen-bond acceptors (Lipinski definition) is 12. The van der Waals surface area contributed by atoms with Gasteiger partial charge in [-0.2, -0.15) is 0 Å². The minimum absolute atomic E-state index is 0.00818. The fourth-order valence-corrected chi connectivity index (χ4v) is 17.8. The molecule has 632 valence electrons. The van der Waals surface area contributed by atoms with Crippen LogP contribution in [0.1, 0.15) is 156 Å². The summed E-state index contributed by atoms with van der Waals surface area (Å²) in [6, 6.07) is 86.4. The van der Waals surface area contributed by atoms with Gasteiger partial charge in [0.15, 0.2) is 0 Å². The number of halogens is 1. The second kappa shape index (κ2) is 45.8. The molecule has 5 fully saturated rings. The highest BCUT2D eigenvalue weighted by atomic mass is 35.5. The number of nitrogens with zero attached hydrogens (tertiary/aromatic N) is 5. The third kappa shape index (κ3) is 25.9. The molecule has 7 atom stereocenters. The average molecular weight is 1650 g/mol. The molecule has 5 aliphatic heterocycles. The van der Waals surface area contributed by atoms with Gasteiger partial charge in [0.1, 0.15) is 0 Å². The lowest BCUT2D eigenvalue weighted by Crippen LogP contribution is -2.50. The van der Waals surface area contributed by atoms with E-state index < -0.39 is 0 Å². The summed E-state index contributed by atoms with van der Waals surface area (Å²) in [6.45, 7) is 14.2. The zero-order valence-corrected chi connectivity index (χ0v) is 70.9. The fourth-order valence-electron chi connectivity index (χ4n) is 17.6. The molecule has 0 spiro atoms. The minimum atomic E-state index is -0.382. The van der Waals surface area contributed by atoms with E-state index in [2.05, 4.69) is 162 Å². The molecule has 8 N–H and O–H groups in total. The number of likely N-dealkylation sites (tertiary alicyclic amines) is 2. The molecule has 5 heterocycles. The van der Waals surface area contributed by atoms with Crippen LogP contribution in [0.25, 0.3) is 27.6 Å². The molecule has 5 aliphatic rings. The van der Waals surface area contributed by atoms with Crippen LogP contribution in [-0.2, 0) is 19.2 Å². The highest BCUT2D eigenvalue weighted by molar-refractivity contribution is 6.30. The number of piperidine rings is 1. The van der Waals surface area contributed by atoms with E-state index in [4.69, 9.17) is 17.3 Å². The van der Waals surface area contributed by atoms with Crippen molar-refractivity contribution in [2.45, 2.75) is 138 Å². The van der Waals surface area contributed by atoms with Gasteiger partial charge >= 0.3 is 0 Å². The van der Waals surface area contributed by atoms with E-state index in [0.29, 0.717) is 87.4 Å². The summed E-state index contributed by atoms with van der Waals surface area (Å²) in [5.41, 5.74) is 14.2. The maximum absolute atomic E-state index is 14.1. The molecule has 0 aromatic heterocycles. The number of carbonyl (C=O) groups excluding carboxylic acids is 6. The van der Waals surface area contributed by atoms with Crippen LogP contribution < -0.4 is 37.6 Å². The SMILES string of the molecule is CC[C@H](CN1CC[C@@H](CNC(=O)/C=C/c2ccc(Cl)cc2)N[C@@H](CCN2CCCCC2)C1=O)c1ccccc1.NCC[C@@H]1N[C@H](CNC(=O)c2ccc3ccccc3c2)CCN(CC(c2ccccc2)c2ccccc2)C1=O.O=C(NC[C@@H]1CCN(CC(c2ccccc2)c2ccccc2)C(=O)[C@H](CCN2CCCC2)N1)c1ccc2ccccc2c1. The maximum atomic E-state index is 14.1. The van der Waals surface area contributed by atoms with E-state index in [1.165, 1.54) is 59.9 Å². The Balaban J connectivity index is 0.000000157. The van der Waals surface area contributed by atoms with Crippen LogP contribution in [0.2, 0.25) is 5.02 Å². The number of carbonyl (C=O) groups is 6. The van der Waals surface area contributed by atoms with Crippen molar-refractivity contribution in [2.24, 2.45) is 5.73 Å². The van der Waals surface area contributed by atoms with Gasteiger partial charge in [-0.3, -0.25) is 28.8 Å². The number of benzene rings is 10. The Morgan fingerprint density at radius 3 is 1.17 bits per heavy atom. The van der Waals surface area contributed by atoms with E-state index in [1.54, 1.807) is 12.2 Å². The van der Waals surface area contributed by atoms with Crippen molar-refractivity contribution in [2.75, 3.05) is 105 Å². The number of fused-ring (bicyclic) bond motifs is 2. The molecular formula is C102H121ClN12O6. The molecule has 5 saturated heterocycles. The normalized spacial score (nSPS) is 19.6. The molecule has 121 heavy (non-hydrogen) atoms. The number of nitrogens with one attached hydrogen (secondary N) is 6. The van der Waals surface area contributed by atoms with Crippen LogP contribution in [-0.4, -0.2) is 201 Å². The van der Waals surface area contributed by atoms with Gasteiger partial charge in [-0.1, -0.05) is 249 Å². The summed E-state index contributed by atoms with van der Waals surface area (Å²) in [5, 5.41) is 25.1. The topological polar surface area (TPSA) is 217 Å². The first-order valence-electron chi connectivity index (χ1n) is 44.1. The Labute approximate surface area is 720 Å². The van der Waals surface area contributed by atoms with Crippen molar-refractivity contribution in [1.29, 1.82) is 0 Å². The van der Waals surface area contributed by atoms with Crippen molar-refractivity contribution in [3.63, 3.8) is 0 Å². The molecular weight excluding hydrogens is 1520 g/mol. The first kappa shape index (κ1) is 88.1. The monoisotopic (exact) mass is 1640 g/mol. The Bertz CT molecular complexity index is 4860. The molecule has 0 saturated carbocycles. The van der Waals surface area contributed by atoms with Gasteiger partial charge in [-0.25, -0.2) is 0 Å².